The molecular formula is C22H21FN2O7. The van der Waals surface area contributed by atoms with E-state index in [2.05, 4.69) is 0 Å². The second-order valence-corrected chi connectivity index (χ2v) is 6.93. The van der Waals surface area contributed by atoms with Crippen molar-refractivity contribution in [2.24, 2.45) is 5.73 Å². The van der Waals surface area contributed by atoms with Gasteiger partial charge in [-0.05, 0) is 36.2 Å². The van der Waals surface area contributed by atoms with E-state index in [4.69, 9.17) is 15.2 Å². The van der Waals surface area contributed by atoms with Crippen LogP contribution in [0.25, 0.3) is 22.0 Å². The van der Waals surface area contributed by atoms with E-state index < -0.39 is 39.8 Å². The van der Waals surface area contributed by atoms with Crippen LogP contribution in [0.1, 0.15) is 13.3 Å². The van der Waals surface area contributed by atoms with Crippen LogP contribution < -0.4 is 20.6 Å². The summed E-state index contributed by atoms with van der Waals surface area (Å²) < 4.78 is 26.1. The van der Waals surface area contributed by atoms with Crippen LogP contribution in [0.5, 0.6) is 11.5 Å². The molecule has 4 N–H and O–H groups in total. The molecule has 2 aromatic carbocycles. The lowest BCUT2D eigenvalue weighted by atomic mass is 10.0. The minimum Gasteiger partial charge on any atom is -0.497 e. The van der Waals surface area contributed by atoms with Gasteiger partial charge in [0.1, 0.15) is 22.8 Å². The first-order chi connectivity index (χ1) is 15.2. The molecule has 9 nitrogen and oxygen atoms in total. The predicted molar refractivity (Wildman–Crippen MR) is 113 cm³/mol. The number of methoxy groups -OCH3 is 1. The standard InChI is InChI=1S/C22H21FN2O7/c1-3-10-32-16-9-8-15(23)17-18(16)25(22(30,20(24)27)21(28)29)11-14(19(17)26)12-4-6-13(31-2)7-5-12/h4-9,11,30H,3,10H2,1-2H3,(H2,24,27)(H,28,29). The van der Waals surface area contributed by atoms with Crippen molar-refractivity contribution in [3.05, 3.63) is 58.6 Å². The van der Waals surface area contributed by atoms with Crippen LogP contribution in [0.4, 0.5) is 4.39 Å². The van der Waals surface area contributed by atoms with Crippen LogP contribution in [-0.4, -0.2) is 40.4 Å². The number of amides is 1. The molecule has 0 bridgehead atoms. The molecule has 1 aromatic heterocycles. The number of carbonyl (C=O) groups is 2. The fourth-order valence-electron chi connectivity index (χ4n) is 3.28. The number of nitrogens with zero attached hydrogens (tertiary/aromatic N) is 1. The lowest BCUT2D eigenvalue weighted by Gasteiger charge is -2.27. The van der Waals surface area contributed by atoms with Gasteiger partial charge in [-0.1, -0.05) is 19.1 Å². The summed E-state index contributed by atoms with van der Waals surface area (Å²) in [6.45, 7) is 1.95. The number of aromatic nitrogens is 1. The average molecular weight is 444 g/mol. The maximum atomic E-state index is 14.9. The number of primary amides is 1. The van der Waals surface area contributed by atoms with Crippen molar-refractivity contribution >= 4 is 22.8 Å². The van der Waals surface area contributed by atoms with E-state index in [1.807, 2.05) is 0 Å². The Bertz CT molecular complexity index is 1240. The number of hydrogen-bond donors (Lipinski definition) is 3. The van der Waals surface area contributed by atoms with Crippen LogP contribution in [0, 0.1) is 5.82 Å². The first-order valence-electron chi connectivity index (χ1n) is 9.58. The van der Waals surface area contributed by atoms with Crippen LogP contribution in [-0.2, 0) is 15.3 Å². The topological polar surface area (TPSA) is 141 Å². The Hall–Kier alpha value is -3.92. The Morgan fingerprint density at radius 2 is 1.84 bits per heavy atom. The summed E-state index contributed by atoms with van der Waals surface area (Å²) in [5.41, 5.74) is 0.787. The molecule has 3 aromatic rings. The Kier molecular flexibility index (Phi) is 6.17. The number of ether oxygens (including phenoxy) is 2. The Labute approximate surface area is 181 Å². The summed E-state index contributed by atoms with van der Waals surface area (Å²) in [6, 6.07) is 8.23. The quantitative estimate of drug-likeness (QED) is 0.450. The van der Waals surface area contributed by atoms with Crippen LogP contribution >= 0.6 is 0 Å². The van der Waals surface area contributed by atoms with Gasteiger partial charge >= 0.3 is 11.7 Å². The Morgan fingerprint density at radius 1 is 1.19 bits per heavy atom. The molecule has 0 aliphatic heterocycles. The molecule has 10 heteroatoms. The van der Waals surface area contributed by atoms with E-state index in [1.165, 1.54) is 37.4 Å². The van der Waals surface area contributed by atoms with Gasteiger partial charge in [-0.25, -0.2) is 9.18 Å². The van der Waals surface area contributed by atoms with Gasteiger partial charge in [-0.3, -0.25) is 14.2 Å². The van der Waals surface area contributed by atoms with Crippen molar-refractivity contribution in [2.75, 3.05) is 13.7 Å². The smallest absolute Gasteiger partial charge is 0.368 e. The zero-order valence-corrected chi connectivity index (χ0v) is 17.3. The lowest BCUT2D eigenvalue weighted by molar-refractivity contribution is -0.175. The zero-order chi connectivity index (χ0) is 23.6. The first-order valence-corrected chi connectivity index (χ1v) is 9.58. The van der Waals surface area contributed by atoms with E-state index in [0.717, 1.165) is 12.3 Å². The maximum absolute atomic E-state index is 14.9. The van der Waals surface area contributed by atoms with Gasteiger partial charge in [-0.15, -0.1) is 0 Å². The highest BCUT2D eigenvalue weighted by Gasteiger charge is 2.46. The van der Waals surface area contributed by atoms with Crippen molar-refractivity contribution in [3.63, 3.8) is 0 Å². The van der Waals surface area contributed by atoms with E-state index >= 15 is 0 Å². The summed E-state index contributed by atoms with van der Waals surface area (Å²) >= 11 is 0. The molecule has 168 valence electrons. The summed E-state index contributed by atoms with van der Waals surface area (Å²) in [6.07, 6.45) is 1.50. The third kappa shape index (κ3) is 3.65. The molecule has 1 unspecified atom stereocenters. The average Bonchev–Trinajstić information content (AvgIpc) is 2.78. The predicted octanol–water partition coefficient (Wildman–Crippen LogP) is 1.82. The number of carboxylic acid groups (broad SMARTS) is 1. The molecule has 0 fully saturated rings. The molecule has 0 saturated heterocycles. The number of fused-ring (bicyclic) bond motifs is 1. The molecule has 0 radical (unpaired) electrons. The molecule has 0 saturated carbocycles. The van der Waals surface area contributed by atoms with Crippen molar-refractivity contribution in [2.45, 2.75) is 19.1 Å². The molecule has 3 rings (SSSR count). The monoisotopic (exact) mass is 444 g/mol. The van der Waals surface area contributed by atoms with E-state index in [0.29, 0.717) is 16.7 Å². The molecular weight excluding hydrogens is 423 g/mol. The fraction of sp³-hybridized carbons (Fsp3) is 0.227. The maximum Gasteiger partial charge on any atom is 0.368 e. The number of rotatable bonds is 8. The van der Waals surface area contributed by atoms with Gasteiger partial charge in [0.25, 0.3) is 5.91 Å². The highest BCUT2D eigenvalue weighted by atomic mass is 19.1. The third-order valence-corrected chi connectivity index (χ3v) is 4.91. The fourth-order valence-corrected chi connectivity index (χ4v) is 3.28. The second-order valence-electron chi connectivity index (χ2n) is 6.93. The minimum atomic E-state index is -3.33. The molecule has 0 aliphatic rings. The Morgan fingerprint density at radius 3 is 2.38 bits per heavy atom. The number of carboxylic acids is 1. The zero-order valence-electron chi connectivity index (χ0n) is 17.3. The molecule has 0 aliphatic carbocycles. The number of carbonyl (C=O) groups excluding carboxylic acids is 1. The number of aliphatic carboxylic acids is 1. The van der Waals surface area contributed by atoms with Gasteiger partial charge < -0.3 is 25.4 Å². The molecule has 1 amide bonds. The van der Waals surface area contributed by atoms with Crippen molar-refractivity contribution < 1.29 is 33.7 Å². The summed E-state index contributed by atoms with van der Waals surface area (Å²) in [5, 5.41) is 19.9. The SMILES string of the molecule is CCCOc1ccc(F)c2c(=O)c(-c3ccc(OC)cc3)cn(C(O)(C(N)=O)C(=O)O)c12. The van der Waals surface area contributed by atoms with Gasteiger partial charge in [0, 0.05) is 11.8 Å². The van der Waals surface area contributed by atoms with Crippen molar-refractivity contribution in [1.82, 2.24) is 4.57 Å². The highest BCUT2D eigenvalue weighted by molar-refractivity contribution is 6.03. The van der Waals surface area contributed by atoms with E-state index in [-0.39, 0.29) is 23.5 Å². The summed E-state index contributed by atoms with van der Waals surface area (Å²) in [5.74, 6) is -4.25. The lowest BCUT2D eigenvalue weighted by Crippen LogP contribution is -2.53. The van der Waals surface area contributed by atoms with E-state index in [9.17, 15) is 29.0 Å². The van der Waals surface area contributed by atoms with Gasteiger partial charge in [0.15, 0.2) is 5.43 Å². The number of halogens is 1. The normalized spacial score (nSPS) is 12.9. The molecule has 1 heterocycles. The third-order valence-electron chi connectivity index (χ3n) is 4.91. The van der Waals surface area contributed by atoms with Gasteiger partial charge in [0.05, 0.1) is 19.1 Å². The number of nitrogens with two attached hydrogens (primary N) is 1. The van der Waals surface area contributed by atoms with E-state index in [1.54, 1.807) is 6.92 Å². The van der Waals surface area contributed by atoms with Gasteiger partial charge in [-0.2, -0.15) is 0 Å². The molecule has 0 spiro atoms. The Balaban J connectivity index is 2.51. The van der Waals surface area contributed by atoms with Crippen molar-refractivity contribution in [3.8, 4) is 22.6 Å². The molecule has 32 heavy (non-hydrogen) atoms. The molecule has 1 atom stereocenters. The van der Waals surface area contributed by atoms with Gasteiger partial charge in [0.2, 0.25) is 0 Å². The largest absolute Gasteiger partial charge is 0.497 e. The highest BCUT2D eigenvalue weighted by Crippen LogP contribution is 2.33. The number of hydrogen-bond acceptors (Lipinski definition) is 6. The number of aliphatic hydroxyl groups is 1. The van der Waals surface area contributed by atoms with Crippen LogP contribution in [0.2, 0.25) is 0 Å². The second kappa shape index (κ2) is 8.67. The minimum absolute atomic E-state index is 0.0949. The van der Waals surface area contributed by atoms with Crippen molar-refractivity contribution in [1.29, 1.82) is 0 Å². The summed E-state index contributed by atoms with van der Waals surface area (Å²) in [7, 11) is 1.45. The van der Waals surface area contributed by atoms with Crippen LogP contribution in [0.3, 0.4) is 0 Å². The summed E-state index contributed by atoms with van der Waals surface area (Å²) in [4.78, 5) is 37.3. The number of benzene rings is 2. The first kappa shape index (κ1) is 22.8. The van der Waals surface area contributed by atoms with Crippen LogP contribution in [0.15, 0.2) is 47.4 Å². The number of pyridine rings is 1.